The molecule has 2 heterocycles. The molecule has 3 rings (SSSR count). The fourth-order valence-corrected chi connectivity index (χ4v) is 1.67. The zero-order valence-corrected chi connectivity index (χ0v) is 10.7. The van der Waals surface area contributed by atoms with Crippen LogP contribution in [0.1, 0.15) is 11.8 Å². The summed E-state index contributed by atoms with van der Waals surface area (Å²) in [6.45, 7) is 0. The zero-order valence-electron chi connectivity index (χ0n) is 10.7. The number of para-hydroxylation sites is 2. The van der Waals surface area contributed by atoms with Crippen molar-refractivity contribution in [1.29, 1.82) is 0 Å². The van der Waals surface area contributed by atoms with E-state index < -0.39 is 0 Å². The minimum absolute atomic E-state index is 0.519. The lowest BCUT2D eigenvalue weighted by atomic mass is 10.3. The third-order valence-electron chi connectivity index (χ3n) is 2.63. The Balaban J connectivity index is 1.84. The number of oxazole rings is 2. The average molecular weight is 255 g/mol. The molecule has 0 amide bonds. The standard InChI is InChI=1S/C14H13N3O2/c1-17(2)14-9-15-12(19-14)7-8-13-16-10-5-3-4-6-11(10)18-13/h3-9H,1-2H3. The van der Waals surface area contributed by atoms with Gasteiger partial charge in [0, 0.05) is 26.2 Å². The summed E-state index contributed by atoms with van der Waals surface area (Å²) in [5.74, 6) is 1.76. The van der Waals surface area contributed by atoms with Crippen molar-refractivity contribution >= 4 is 29.1 Å². The predicted octanol–water partition coefficient (Wildman–Crippen LogP) is 3.05. The maximum atomic E-state index is 5.57. The fraction of sp³-hybridized carbons (Fsp3) is 0.143. The van der Waals surface area contributed by atoms with Gasteiger partial charge in [-0.25, -0.2) is 9.97 Å². The Morgan fingerprint density at radius 2 is 1.84 bits per heavy atom. The van der Waals surface area contributed by atoms with E-state index >= 15 is 0 Å². The largest absolute Gasteiger partial charge is 0.437 e. The predicted molar refractivity (Wildman–Crippen MR) is 73.8 cm³/mol. The van der Waals surface area contributed by atoms with Gasteiger partial charge in [0.2, 0.25) is 17.7 Å². The summed E-state index contributed by atoms with van der Waals surface area (Å²) in [6, 6.07) is 7.63. The normalized spacial score (nSPS) is 11.5. The Morgan fingerprint density at radius 3 is 2.58 bits per heavy atom. The van der Waals surface area contributed by atoms with Crippen molar-refractivity contribution < 1.29 is 8.83 Å². The molecule has 5 heteroatoms. The van der Waals surface area contributed by atoms with Crippen LogP contribution >= 0.6 is 0 Å². The maximum absolute atomic E-state index is 5.57. The molecule has 0 radical (unpaired) electrons. The van der Waals surface area contributed by atoms with Crippen molar-refractivity contribution in [1.82, 2.24) is 9.97 Å². The van der Waals surface area contributed by atoms with Gasteiger partial charge in [-0.2, -0.15) is 0 Å². The molecule has 0 saturated carbocycles. The van der Waals surface area contributed by atoms with Crippen LogP contribution in [-0.4, -0.2) is 24.1 Å². The van der Waals surface area contributed by atoms with Crippen molar-refractivity contribution in [3.05, 3.63) is 42.2 Å². The van der Waals surface area contributed by atoms with Gasteiger partial charge in [0.1, 0.15) is 5.52 Å². The highest BCUT2D eigenvalue weighted by molar-refractivity contribution is 5.75. The monoisotopic (exact) mass is 255 g/mol. The summed E-state index contributed by atoms with van der Waals surface area (Å²) >= 11 is 0. The van der Waals surface area contributed by atoms with E-state index in [0.717, 1.165) is 11.1 Å². The molecule has 19 heavy (non-hydrogen) atoms. The van der Waals surface area contributed by atoms with Crippen LogP contribution in [0.4, 0.5) is 5.88 Å². The molecule has 0 saturated heterocycles. The first-order valence-corrected chi connectivity index (χ1v) is 5.89. The second-order valence-electron chi connectivity index (χ2n) is 4.28. The molecule has 0 aliphatic rings. The summed E-state index contributed by atoms with van der Waals surface area (Å²) in [6.07, 6.45) is 5.15. The number of nitrogens with zero attached hydrogens (tertiary/aromatic N) is 3. The first-order chi connectivity index (χ1) is 9.22. The molecule has 0 N–H and O–H groups in total. The third-order valence-corrected chi connectivity index (χ3v) is 2.63. The molecule has 96 valence electrons. The molecule has 0 aliphatic carbocycles. The fourth-order valence-electron chi connectivity index (χ4n) is 1.67. The molecule has 0 fully saturated rings. The molecule has 0 unspecified atom stereocenters. The minimum Gasteiger partial charge on any atom is -0.437 e. The maximum Gasteiger partial charge on any atom is 0.221 e. The Morgan fingerprint density at radius 1 is 1.05 bits per heavy atom. The summed E-state index contributed by atoms with van der Waals surface area (Å²) < 4.78 is 11.1. The molecule has 1 aromatic carbocycles. The van der Waals surface area contributed by atoms with Crippen LogP contribution in [0, 0.1) is 0 Å². The van der Waals surface area contributed by atoms with Gasteiger partial charge < -0.3 is 13.7 Å². The van der Waals surface area contributed by atoms with E-state index in [1.54, 1.807) is 18.3 Å². The SMILES string of the molecule is CN(C)c1cnc(C=Cc2nc3ccccc3o2)o1. The van der Waals surface area contributed by atoms with Crippen LogP contribution < -0.4 is 4.90 Å². The molecule has 5 nitrogen and oxygen atoms in total. The van der Waals surface area contributed by atoms with E-state index in [1.165, 1.54) is 0 Å². The summed E-state index contributed by atoms with van der Waals surface area (Å²) in [5, 5.41) is 0. The van der Waals surface area contributed by atoms with Gasteiger partial charge in [-0.05, 0) is 12.1 Å². The lowest BCUT2D eigenvalue weighted by molar-refractivity contribution is 0.545. The summed E-state index contributed by atoms with van der Waals surface area (Å²) in [7, 11) is 3.80. The average Bonchev–Trinajstić information content (AvgIpc) is 3.02. The van der Waals surface area contributed by atoms with Crippen molar-refractivity contribution in [3.63, 3.8) is 0 Å². The van der Waals surface area contributed by atoms with Gasteiger partial charge in [0.25, 0.3) is 0 Å². The van der Waals surface area contributed by atoms with Gasteiger partial charge in [-0.15, -0.1) is 0 Å². The van der Waals surface area contributed by atoms with Crippen LogP contribution in [0.3, 0.4) is 0 Å². The topological polar surface area (TPSA) is 55.3 Å². The van der Waals surface area contributed by atoms with Gasteiger partial charge in [0.05, 0.1) is 6.20 Å². The van der Waals surface area contributed by atoms with Crippen LogP contribution in [0.15, 0.2) is 39.3 Å². The number of hydrogen-bond donors (Lipinski definition) is 0. The second-order valence-corrected chi connectivity index (χ2v) is 4.28. The minimum atomic E-state index is 0.519. The third kappa shape index (κ3) is 2.35. The second kappa shape index (κ2) is 4.61. The molecule has 0 aliphatic heterocycles. The molecule has 3 aromatic rings. The van der Waals surface area contributed by atoms with Gasteiger partial charge in [0.15, 0.2) is 5.58 Å². The van der Waals surface area contributed by atoms with Crippen LogP contribution in [0.25, 0.3) is 23.3 Å². The van der Waals surface area contributed by atoms with E-state index in [9.17, 15) is 0 Å². The van der Waals surface area contributed by atoms with Crippen molar-refractivity contribution in [3.8, 4) is 0 Å². The van der Waals surface area contributed by atoms with E-state index in [0.29, 0.717) is 17.7 Å². The number of fused-ring (bicyclic) bond motifs is 1. The van der Waals surface area contributed by atoms with Gasteiger partial charge in [-0.1, -0.05) is 12.1 Å². The number of rotatable bonds is 3. The highest BCUT2D eigenvalue weighted by Gasteiger charge is 2.04. The zero-order chi connectivity index (χ0) is 13.2. The Hall–Kier alpha value is -2.56. The summed E-state index contributed by atoms with van der Waals surface area (Å²) in [4.78, 5) is 10.3. The Kier molecular flexibility index (Phi) is 2.79. The Bertz CT molecular complexity index is 692. The van der Waals surface area contributed by atoms with Crippen LogP contribution in [0.5, 0.6) is 0 Å². The van der Waals surface area contributed by atoms with Crippen LogP contribution in [-0.2, 0) is 0 Å². The van der Waals surface area contributed by atoms with E-state index in [2.05, 4.69) is 9.97 Å². The lowest BCUT2D eigenvalue weighted by Gasteiger charge is -2.04. The molecule has 0 spiro atoms. The molecule has 2 aromatic heterocycles. The van der Waals surface area contributed by atoms with Gasteiger partial charge >= 0.3 is 0 Å². The van der Waals surface area contributed by atoms with Gasteiger partial charge in [-0.3, -0.25) is 0 Å². The number of aromatic nitrogens is 2. The van der Waals surface area contributed by atoms with Crippen molar-refractivity contribution in [2.45, 2.75) is 0 Å². The molecular weight excluding hydrogens is 242 g/mol. The van der Waals surface area contributed by atoms with Crippen LogP contribution in [0.2, 0.25) is 0 Å². The smallest absolute Gasteiger partial charge is 0.221 e. The first kappa shape index (κ1) is 11.5. The summed E-state index contributed by atoms with van der Waals surface area (Å²) in [5.41, 5.74) is 1.60. The Labute approximate surface area is 110 Å². The van der Waals surface area contributed by atoms with E-state index in [-0.39, 0.29) is 0 Å². The highest BCUT2D eigenvalue weighted by Crippen LogP contribution is 2.18. The van der Waals surface area contributed by atoms with Crippen molar-refractivity contribution in [2.75, 3.05) is 19.0 Å². The number of hydrogen-bond acceptors (Lipinski definition) is 5. The van der Waals surface area contributed by atoms with E-state index in [1.807, 2.05) is 43.3 Å². The quantitative estimate of drug-likeness (QED) is 0.720. The molecule has 0 bridgehead atoms. The molecular formula is C14H13N3O2. The number of benzene rings is 1. The first-order valence-electron chi connectivity index (χ1n) is 5.89. The van der Waals surface area contributed by atoms with E-state index in [4.69, 9.17) is 8.83 Å². The van der Waals surface area contributed by atoms with Crippen molar-refractivity contribution in [2.24, 2.45) is 0 Å². The molecule has 0 atom stereocenters. The lowest BCUT2D eigenvalue weighted by Crippen LogP contribution is -2.06. The number of anilines is 1. The highest BCUT2D eigenvalue weighted by atomic mass is 16.4.